The van der Waals surface area contributed by atoms with Gasteiger partial charge in [-0.3, -0.25) is 9.59 Å². The van der Waals surface area contributed by atoms with Gasteiger partial charge in [0.05, 0.1) is 25.4 Å². The summed E-state index contributed by atoms with van der Waals surface area (Å²) in [6.07, 6.45) is 2.45. The molecule has 0 spiro atoms. The number of aromatic nitrogens is 1. The number of ether oxygens (including phenoxy) is 1. The quantitative estimate of drug-likeness (QED) is 0.712. The Morgan fingerprint density at radius 2 is 2.07 bits per heavy atom. The molecule has 3 rings (SSSR count). The van der Waals surface area contributed by atoms with Crippen molar-refractivity contribution in [1.29, 1.82) is 0 Å². The summed E-state index contributed by atoms with van der Waals surface area (Å²) in [6.45, 7) is 2.47. The number of pyridine rings is 1. The molecule has 0 unspecified atom stereocenters. The van der Waals surface area contributed by atoms with Crippen LogP contribution in [-0.4, -0.2) is 59.1 Å². The van der Waals surface area contributed by atoms with Gasteiger partial charge in [-0.15, -0.1) is 0 Å². The Hall–Kier alpha value is -3.13. The number of carbonyl (C=O) groups is 2. The van der Waals surface area contributed by atoms with Crippen molar-refractivity contribution >= 4 is 23.3 Å². The van der Waals surface area contributed by atoms with Gasteiger partial charge in [0, 0.05) is 12.6 Å². The number of nitrogens with zero attached hydrogens (tertiary/aromatic N) is 2. The Balaban J connectivity index is 1.83. The lowest BCUT2D eigenvalue weighted by atomic mass is 10.2. The largest absolute Gasteiger partial charge is 0.491 e. The van der Waals surface area contributed by atoms with Crippen LogP contribution in [0.5, 0.6) is 5.75 Å². The van der Waals surface area contributed by atoms with Gasteiger partial charge < -0.3 is 25.4 Å². The predicted molar refractivity (Wildman–Crippen MR) is 114 cm³/mol. The first-order valence-electron chi connectivity index (χ1n) is 10.2. The molecular formula is C22H28N4O4. The number of anilines is 2. The molecule has 30 heavy (non-hydrogen) atoms. The smallest absolute Gasteiger partial charge is 0.273 e. The average molecular weight is 412 g/mol. The maximum atomic E-state index is 13.1. The number of fused-ring (bicyclic) bond motifs is 3. The van der Waals surface area contributed by atoms with Gasteiger partial charge in [-0.25, -0.2) is 4.98 Å². The van der Waals surface area contributed by atoms with E-state index in [2.05, 4.69) is 15.6 Å². The molecule has 0 radical (unpaired) electrons. The number of amides is 2. The van der Waals surface area contributed by atoms with E-state index >= 15 is 0 Å². The normalized spacial score (nSPS) is 15.8. The third-order valence-corrected chi connectivity index (χ3v) is 4.75. The van der Waals surface area contributed by atoms with Crippen LogP contribution in [0.3, 0.4) is 0 Å². The third-order valence-electron chi connectivity index (χ3n) is 4.75. The molecule has 2 bridgehead atoms. The maximum Gasteiger partial charge on any atom is 0.273 e. The molecule has 2 heterocycles. The second kappa shape index (κ2) is 10.6. The molecule has 0 fully saturated rings. The summed E-state index contributed by atoms with van der Waals surface area (Å²) in [6, 6.07) is 12.4. The van der Waals surface area contributed by atoms with Gasteiger partial charge >= 0.3 is 0 Å². The van der Waals surface area contributed by atoms with Crippen molar-refractivity contribution < 1.29 is 19.4 Å². The minimum absolute atomic E-state index is 0.0815. The number of hydrogen-bond donors (Lipinski definition) is 3. The first-order valence-corrected chi connectivity index (χ1v) is 10.2. The van der Waals surface area contributed by atoms with Gasteiger partial charge in [0.25, 0.3) is 5.91 Å². The fourth-order valence-electron chi connectivity index (χ4n) is 3.17. The van der Waals surface area contributed by atoms with E-state index in [0.717, 1.165) is 30.7 Å². The molecule has 1 aliphatic rings. The van der Waals surface area contributed by atoms with Crippen molar-refractivity contribution in [3.63, 3.8) is 0 Å². The van der Waals surface area contributed by atoms with Crippen molar-refractivity contribution in [2.75, 3.05) is 31.6 Å². The molecule has 1 aromatic carbocycles. The van der Waals surface area contributed by atoms with Crippen molar-refractivity contribution in [3.05, 3.63) is 48.2 Å². The van der Waals surface area contributed by atoms with E-state index in [1.807, 2.05) is 24.3 Å². The van der Waals surface area contributed by atoms with Gasteiger partial charge in [0.2, 0.25) is 5.91 Å². The standard InChI is InChI=1S/C22H28N4O4/c1-16(15-27)23-21(28)14-26-12-5-2-6-13-30-19-10-4-3-8-17(19)24-20-11-7-9-18(25-20)22(26)29/h3-4,7-11,16,27H,2,5-6,12-15H2,1H3,(H,23,28)(H,24,25)/t16-/m0/s1. The summed E-state index contributed by atoms with van der Waals surface area (Å²) in [4.78, 5) is 31.3. The second-order valence-corrected chi connectivity index (χ2v) is 7.32. The van der Waals surface area contributed by atoms with Crippen molar-refractivity contribution in [2.24, 2.45) is 0 Å². The van der Waals surface area contributed by atoms with E-state index < -0.39 is 0 Å². The van der Waals surface area contributed by atoms with Gasteiger partial charge in [-0.2, -0.15) is 0 Å². The van der Waals surface area contributed by atoms with Crippen molar-refractivity contribution in [3.8, 4) is 5.75 Å². The molecule has 160 valence electrons. The summed E-state index contributed by atoms with van der Waals surface area (Å²) >= 11 is 0. The summed E-state index contributed by atoms with van der Waals surface area (Å²) < 4.78 is 5.91. The van der Waals surface area contributed by atoms with Gasteiger partial charge in [0.1, 0.15) is 17.3 Å². The van der Waals surface area contributed by atoms with Crippen molar-refractivity contribution in [2.45, 2.75) is 32.2 Å². The molecule has 2 aromatic rings. The number of benzene rings is 1. The van der Waals surface area contributed by atoms with Crippen LogP contribution < -0.4 is 15.4 Å². The fraction of sp³-hybridized carbons (Fsp3) is 0.409. The summed E-state index contributed by atoms with van der Waals surface area (Å²) in [5.41, 5.74) is 1.04. The van der Waals surface area contributed by atoms with E-state index in [0.29, 0.717) is 19.0 Å². The van der Waals surface area contributed by atoms with E-state index in [1.165, 1.54) is 4.90 Å². The predicted octanol–water partition coefficient (Wildman–Crippen LogP) is 2.33. The van der Waals surface area contributed by atoms with Crippen LogP contribution in [0.4, 0.5) is 11.5 Å². The number of carbonyl (C=O) groups excluding carboxylic acids is 2. The summed E-state index contributed by atoms with van der Waals surface area (Å²) in [5, 5.41) is 15.0. The maximum absolute atomic E-state index is 13.1. The van der Waals surface area contributed by atoms with E-state index in [1.54, 1.807) is 25.1 Å². The van der Waals surface area contributed by atoms with Crippen LogP contribution in [0.25, 0.3) is 0 Å². The monoisotopic (exact) mass is 412 g/mol. The lowest BCUT2D eigenvalue weighted by molar-refractivity contribution is -0.122. The highest BCUT2D eigenvalue weighted by molar-refractivity contribution is 5.95. The Morgan fingerprint density at radius 1 is 1.23 bits per heavy atom. The van der Waals surface area contributed by atoms with E-state index in [-0.39, 0.29) is 36.7 Å². The minimum atomic E-state index is -0.366. The number of rotatable bonds is 4. The average Bonchev–Trinajstić information content (AvgIpc) is 2.75. The second-order valence-electron chi connectivity index (χ2n) is 7.32. The van der Waals surface area contributed by atoms with Crippen LogP contribution in [-0.2, 0) is 4.79 Å². The molecule has 1 aliphatic heterocycles. The first kappa shape index (κ1) is 21.6. The van der Waals surface area contributed by atoms with Crippen LogP contribution >= 0.6 is 0 Å². The molecule has 8 nitrogen and oxygen atoms in total. The molecule has 3 N–H and O–H groups in total. The molecule has 0 saturated carbocycles. The highest BCUT2D eigenvalue weighted by Gasteiger charge is 2.21. The van der Waals surface area contributed by atoms with E-state index in [9.17, 15) is 9.59 Å². The highest BCUT2D eigenvalue weighted by atomic mass is 16.5. The zero-order valence-corrected chi connectivity index (χ0v) is 17.1. The zero-order chi connectivity index (χ0) is 21.3. The van der Waals surface area contributed by atoms with Crippen LogP contribution in [0.2, 0.25) is 0 Å². The number of para-hydroxylation sites is 2. The molecule has 0 saturated heterocycles. The number of aliphatic hydroxyl groups is 1. The molecule has 8 heteroatoms. The number of hydrogen-bond acceptors (Lipinski definition) is 6. The van der Waals surface area contributed by atoms with Crippen LogP contribution in [0, 0.1) is 0 Å². The fourth-order valence-corrected chi connectivity index (χ4v) is 3.17. The van der Waals surface area contributed by atoms with Crippen molar-refractivity contribution in [1.82, 2.24) is 15.2 Å². The third kappa shape index (κ3) is 5.93. The van der Waals surface area contributed by atoms with Gasteiger partial charge in [-0.05, 0) is 50.5 Å². The molecule has 1 aromatic heterocycles. The van der Waals surface area contributed by atoms with Crippen LogP contribution in [0.15, 0.2) is 42.5 Å². The zero-order valence-electron chi connectivity index (χ0n) is 17.1. The Bertz CT molecular complexity index is 874. The Labute approximate surface area is 176 Å². The summed E-state index contributed by atoms with van der Waals surface area (Å²) in [5.74, 6) is 0.654. The summed E-state index contributed by atoms with van der Waals surface area (Å²) in [7, 11) is 0. The minimum Gasteiger partial charge on any atom is -0.491 e. The Morgan fingerprint density at radius 3 is 2.90 bits per heavy atom. The first-order chi connectivity index (χ1) is 14.6. The number of nitrogens with one attached hydrogen (secondary N) is 2. The molecule has 0 aliphatic carbocycles. The SMILES string of the molecule is C[C@@H](CO)NC(=O)CN1CCCCCOc2ccccc2Nc2cccc(n2)C1=O. The van der Waals surface area contributed by atoms with Gasteiger partial charge in [0.15, 0.2) is 0 Å². The van der Waals surface area contributed by atoms with E-state index in [4.69, 9.17) is 9.84 Å². The topological polar surface area (TPSA) is 104 Å². The molecular weight excluding hydrogens is 384 g/mol. The Kier molecular flexibility index (Phi) is 7.62. The van der Waals surface area contributed by atoms with Gasteiger partial charge in [-0.1, -0.05) is 18.2 Å². The molecule has 2 amide bonds. The molecule has 1 atom stereocenters. The number of aliphatic hydroxyl groups excluding tert-OH is 1. The van der Waals surface area contributed by atoms with Crippen LogP contribution in [0.1, 0.15) is 36.7 Å². The lowest BCUT2D eigenvalue weighted by Gasteiger charge is -2.23. The highest BCUT2D eigenvalue weighted by Crippen LogP contribution is 2.27. The lowest BCUT2D eigenvalue weighted by Crippen LogP contribution is -2.45.